The summed E-state index contributed by atoms with van der Waals surface area (Å²) in [7, 11) is 1.77. The van der Waals surface area contributed by atoms with Crippen LogP contribution in [0.2, 0.25) is 0 Å². The minimum atomic E-state index is -0.532. The van der Waals surface area contributed by atoms with Crippen LogP contribution < -0.4 is 17.2 Å². The third-order valence-corrected chi connectivity index (χ3v) is 3.50. The molecule has 0 aliphatic heterocycles. The summed E-state index contributed by atoms with van der Waals surface area (Å²) >= 11 is 0. The molecule has 21 heavy (non-hydrogen) atoms. The minimum Gasteiger partial charge on any atom is -0.370 e. The Morgan fingerprint density at radius 1 is 1.29 bits per heavy atom. The first-order valence-electron chi connectivity index (χ1n) is 7.06. The van der Waals surface area contributed by atoms with Crippen LogP contribution in [0, 0.1) is 0 Å². The van der Waals surface area contributed by atoms with E-state index in [1.54, 1.807) is 11.9 Å². The second-order valence-electron chi connectivity index (χ2n) is 5.09. The first-order chi connectivity index (χ1) is 9.93. The van der Waals surface area contributed by atoms with Gasteiger partial charge in [0.1, 0.15) is 0 Å². The summed E-state index contributed by atoms with van der Waals surface area (Å²) in [6.07, 6.45) is 1.24. The molecule has 0 saturated carbocycles. The highest BCUT2D eigenvalue weighted by atomic mass is 16.2. The monoisotopic (exact) mass is 291 g/mol. The van der Waals surface area contributed by atoms with E-state index in [2.05, 4.69) is 4.99 Å². The molecule has 1 aromatic carbocycles. The molecule has 0 aromatic heterocycles. The number of nitrogens with zero attached hydrogens (tertiary/aromatic N) is 2. The van der Waals surface area contributed by atoms with E-state index in [1.807, 2.05) is 37.3 Å². The number of guanidine groups is 1. The van der Waals surface area contributed by atoms with Crippen LogP contribution in [0.15, 0.2) is 35.3 Å². The molecule has 0 radical (unpaired) electrons. The third-order valence-electron chi connectivity index (χ3n) is 3.50. The average molecular weight is 291 g/mol. The van der Waals surface area contributed by atoms with Crippen molar-refractivity contribution < 1.29 is 4.79 Å². The van der Waals surface area contributed by atoms with Crippen molar-refractivity contribution in [3.05, 3.63) is 35.9 Å². The second-order valence-corrected chi connectivity index (χ2v) is 5.09. The fourth-order valence-electron chi connectivity index (χ4n) is 2.05. The Hall–Kier alpha value is -2.08. The predicted molar refractivity (Wildman–Crippen MR) is 85.5 cm³/mol. The molecule has 0 saturated heterocycles. The van der Waals surface area contributed by atoms with Crippen molar-refractivity contribution in [1.29, 1.82) is 0 Å². The Morgan fingerprint density at radius 2 is 1.90 bits per heavy atom. The Balaban J connectivity index is 2.51. The molecule has 0 aliphatic carbocycles. The van der Waals surface area contributed by atoms with Crippen LogP contribution in [0.25, 0.3) is 0 Å². The number of rotatable bonds is 7. The quantitative estimate of drug-likeness (QED) is 0.388. The van der Waals surface area contributed by atoms with Crippen LogP contribution in [0.3, 0.4) is 0 Å². The highest BCUT2D eigenvalue weighted by Gasteiger charge is 2.22. The molecule has 1 aromatic rings. The minimum absolute atomic E-state index is 0.0116. The van der Waals surface area contributed by atoms with E-state index in [9.17, 15) is 4.79 Å². The smallest absolute Gasteiger partial charge is 0.239 e. The number of nitrogens with two attached hydrogens (primary N) is 3. The van der Waals surface area contributed by atoms with E-state index in [1.165, 1.54) is 0 Å². The average Bonchev–Trinajstić information content (AvgIpc) is 2.49. The van der Waals surface area contributed by atoms with Gasteiger partial charge in [0.2, 0.25) is 5.91 Å². The number of likely N-dealkylation sites (N-methyl/N-ethyl adjacent to an activating group) is 1. The van der Waals surface area contributed by atoms with E-state index in [-0.39, 0.29) is 17.9 Å². The van der Waals surface area contributed by atoms with Crippen LogP contribution in [0.5, 0.6) is 0 Å². The van der Waals surface area contributed by atoms with E-state index in [0.717, 1.165) is 5.56 Å². The fourth-order valence-corrected chi connectivity index (χ4v) is 2.05. The summed E-state index contributed by atoms with van der Waals surface area (Å²) in [5.74, 6) is -0.0132. The lowest BCUT2D eigenvalue weighted by molar-refractivity contribution is -0.133. The topological polar surface area (TPSA) is 111 Å². The van der Waals surface area contributed by atoms with Crippen molar-refractivity contribution in [1.82, 2.24) is 4.90 Å². The molecule has 2 atom stereocenters. The van der Waals surface area contributed by atoms with Gasteiger partial charge in [0.15, 0.2) is 5.96 Å². The molecule has 1 rings (SSSR count). The molecule has 6 nitrogen and oxygen atoms in total. The number of benzene rings is 1. The predicted octanol–water partition coefficient (Wildman–Crippen LogP) is 0.587. The van der Waals surface area contributed by atoms with E-state index in [4.69, 9.17) is 17.2 Å². The molecule has 1 amide bonds. The van der Waals surface area contributed by atoms with Crippen molar-refractivity contribution in [2.75, 3.05) is 13.6 Å². The zero-order valence-corrected chi connectivity index (χ0v) is 12.7. The number of carbonyl (C=O) groups excluding carboxylic acids is 1. The van der Waals surface area contributed by atoms with Crippen molar-refractivity contribution in [2.45, 2.75) is 31.8 Å². The third kappa shape index (κ3) is 5.43. The van der Waals surface area contributed by atoms with E-state index < -0.39 is 6.04 Å². The van der Waals surface area contributed by atoms with Crippen molar-refractivity contribution in [2.24, 2.45) is 22.2 Å². The van der Waals surface area contributed by atoms with Gasteiger partial charge < -0.3 is 22.1 Å². The lowest BCUT2D eigenvalue weighted by Crippen LogP contribution is -2.42. The Kier molecular flexibility index (Phi) is 6.68. The van der Waals surface area contributed by atoms with Crippen LogP contribution in [0.1, 0.15) is 31.4 Å². The van der Waals surface area contributed by atoms with Crippen LogP contribution in [0.4, 0.5) is 0 Å². The summed E-state index contributed by atoms with van der Waals surface area (Å²) in [5.41, 5.74) is 17.5. The van der Waals surface area contributed by atoms with E-state index >= 15 is 0 Å². The fraction of sp³-hybridized carbons (Fsp3) is 0.467. The normalized spacial score (nSPS) is 13.3. The lowest BCUT2D eigenvalue weighted by atomic mass is 10.1. The summed E-state index contributed by atoms with van der Waals surface area (Å²) in [4.78, 5) is 17.9. The van der Waals surface area contributed by atoms with Gasteiger partial charge >= 0.3 is 0 Å². The highest BCUT2D eigenvalue weighted by molar-refractivity contribution is 5.81. The van der Waals surface area contributed by atoms with Crippen molar-refractivity contribution in [3.63, 3.8) is 0 Å². The lowest BCUT2D eigenvalue weighted by Gasteiger charge is -2.28. The largest absolute Gasteiger partial charge is 0.370 e. The van der Waals surface area contributed by atoms with Gasteiger partial charge in [0.25, 0.3) is 0 Å². The Bertz CT molecular complexity index is 470. The van der Waals surface area contributed by atoms with Gasteiger partial charge in [0.05, 0.1) is 12.1 Å². The first kappa shape index (κ1) is 17.0. The zero-order chi connectivity index (χ0) is 15.8. The molecule has 0 fully saturated rings. The molecule has 1 unspecified atom stereocenters. The highest BCUT2D eigenvalue weighted by Crippen LogP contribution is 2.19. The summed E-state index contributed by atoms with van der Waals surface area (Å²) < 4.78 is 0. The van der Waals surface area contributed by atoms with Gasteiger partial charge in [-0.15, -0.1) is 0 Å². The molecule has 0 heterocycles. The first-order valence-corrected chi connectivity index (χ1v) is 7.06. The Morgan fingerprint density at radius 3 is 2.48 bits per heavy atom. The SMILES string of the molecule is CC(c1ccccc1)N(C)C(=O)[C@@H](N)CCCN=C(N)N. The van der Waals surface area contributed by atoms with Gasteiger partial charge in [-0.1, -0.05) is 30.3 Å². The molecule has 6 N–H and O–H groups in total. The maximum Gasteiger partial charge on any atom is 0.239 e. The molecule has 0 aliphatic rings. The standard InChI is InChI=1S/C15H25N5O/c1-11(12-7-4-3-5-8-12)20(2)14(21)13(16)9-6-10-19-15(17)18/h3-5,7-8,11,13H,6,9-10,16H2,1-2H3,(H4,17,18,19)/t11?,13-/m0/s1. The van der Waals surface area contributed by atoms with Crippen molar-refractivity contribution in [3.8, 4) is 0 Å². The van der Waals surface area contributed by atoms with Crippen LogP contribution in [-0.4, -0.2) is 36.4 Å². The summed E-state index contributed by atoms with van der Waals surface area (Å²) in [6.45, 7) is 2.47. The second kappa shape index (κ2) is 8.26. The van der Waals surface area contributed by atoms with Gasteiger partial charge in [-0.05, 0) is 25.3 Å². The van der Waals surface area contributed by atoms with E-state index in [0.29, 0.717) is 19.4 Å². The van der Waals surface area contributed by atoms with Gasteiger partial charge in [-0.25, -0.2) is 0 Å². The Labute approximate surface area is 126 Å². The van der Waals surface area contributed by atoms with Gasteiger partial charge in [-0.2, -0.15) is 0 Å². The summed E-state index contributed by atoms with van der Waals surface area (Å²) in [5, 5.41) is 0. The number of amides is 1. The molecule has 0 bridgehead atoms. The summed E-state index contributed by atoms with van der Waals surface area (Å²) in [6, 6.07) is 9.32. The number of aliphatic imine (C=N–C) groups is 1. The molecule has 116 valence electrons. The van der Waals surface area contributed by atoms with Crippen LogP contribution >= 0.6 is 0 Å². The number of hydrogen-bond donors (Lipinski definition) is 3. The maximum atomic E-state index is 12.3. The van der Waals surface area contributed by atoms with Crippen molar-refractivity contribution >= 4 is 11.9 Å². The zero-order valence-electron chi connectivity index (χ0n) is 12.7. The molecule has 0 spiro atoms. The van der Waals surface area contributed by atoms with Gasteiger partial charge in [-0.3, -0.25) is 9.79 Å². The van der Waals surface area contributed by atoms with Gasteiger partial charge in [0, 0.05) is 13.6 Å². The number of hydrogen-bond acceptors (Lipinski definition) is 3. The van der Waals surface area contributed by atoms with Crippen LogP contribution in [-0.2, 0) is 4.79 Å². The molecular formula is C15H25N5O. The maximum absolute atomic E-state index is 12.3. The molecule has 6 heteroatoms. The number of carbonyl (C=O) groups is 1. The molecular weight excluding hydrogens is 266 g/mol.